The van der Waals surface area contributed by atoms with Crippen LogP contribution in [0, 0.1) is 6.92 Å². The van der Waals surface area contributed by atoms with Gasteiger partial charge in [0.25, 0.3) is 0 Å². The number of carbonyl (C=O) groups is 1. The van der Waals surface area contributed by atoms with E-state index in [1.165, 1.54) is 0 Å². The Morgan fingerprint density at radius 3 is 2.96 bits per heavy atom. The number of amides is 2. The fourth-order valence-corrected chi connectivity index (χ4v) is 3.14. The lowest BCUT2D eigenvalue weighted by atomic mass is 9.95. The number of pyridine rings is 1. The number of likely N-dealkylation sites (tertiary alicyclic amines) is 1. The summed E-state index contributed by atoms with van der Waals surface area (Å²) >= 11 is 5.95. The highest BCUT2D eigenvalue weighted by Crippen LogP contribution is 2.20. The summed E-state index contributed by atoms with van der Waals surface area (Å²) in [6, 6.07) is 3.62. The van der Waals surface area contributed by atoms with E-state index >= 15 is 0 Å². The van der Waals surface area contributed by atoms with E-state index in [-0.39, 0.29) is 6.03 Å². The molecule has 1 aliphatic rings. The maximum atomic E-state index is 12.4. The van der Waals surface area contributed by atoms with Gasteiger partial charge in [0.1, 0.15) is 0 Å². The van der Waals surface area contributed by atoms with Crippen molar-refractivity contribution in [2.24, 2.45) is 0 Å². The number of aliphatic hydroxyl groups is 1. The predicted molar refractivity (Wildman–Crippen MR) is 94.8 cm³/mol. The molecule has 2 amide bonds. The molecule has 8 heteroatoms. The molecule has 3 heterocycles. The Morgan fingerprint density at radius 2 is 2.28 bits per heavy atom. The standard InChI is InChI=1S/C17H22ClN5O2/c1-12-4-5-13(15(21-12)23-10-14(18)9-20-23)8-19-16(24)22-7-3-6-17(2,25)11-22/h4-5,9-10,25H,3,6-8,11H2,1-2H3,(H,19,24). The highest BCUT2D eigenvalue weighted by Gasteiger charge is 2.30. The summed E-state index contributed by atoms with van der Waals surface area (Å²) in [4.78, 5) is 18.6. The number of carbonyl (C=O) groups excluding carboxylic acids is 1. The first-order chi connectivity index (χ1) is 11.8. The van der Waals surface area contributed by atoms with Gasteiger partial charge < -0.3 is 15.3 Å². The second-order valence-electron chi connectivity index (χ2n) is 6.72. The third kappa shape index (κ3) is 4.29. The topological polar surface area (TPSA) is 83.3 Å². The van der Waals surface area contributed by atoms with E-state index in [2.05, 4.69) is 15.4 Å². The van der Waals surface area contributed by atoms with Crippen LogP contribution in [0.25, 0.3) is 5.82 Å². The van der Waals surface area contributed by atoms with E-state index in [9.17, 15) is 9.90 Å². The maximum Gasteiger partial charge on any atom is 0.317 e. The molecule has 0 spiro atoms. The van der Waals surface area contributed by atoms with Crippen LogP contribution < -0.4 is 5.32 Å². The lowest BCUT2D eigenvalue weighted by Gasteiger charge is -2.36. The van der Waals surface area contributed by atoms with Gasteiger partial charge in [0.2, 0.25) is 0 Å². The van der Waals surface area contributed by atoms with Crippen molar-refractivity contribution in [3.63, 3.8) is 0 Å². The second-order valence-corrected chi connectivity index (χ2v) is 7.16. The molecular weight excluding hydrogens is 342 g/mol. The van der Waals surface area contributed by atoms with Gasteiger partial charge in [-0.2, -0.15) is 5.10 Å². The van der Waals surface area contributed by atoms with E-state index < -0.39 is 5.60 Å². The Hall–Kier alpha value is -2.12. The summed E-state index contributed by atoms with van der Waals surface area (Å²) in [5, 5.41) is 17.8. The Morgan fingerprint density at radius 1 is 1.48 bits per heavy atom. The fourth-order valence-electron chi connectivity index (χ4n) is 3.00. The number of aromatic nitrogens is 3. The zero-order valence-electron chi connectivity index (χ0n) is 14.4. The number of hydrogen-bond donors (Lipinski definition) is 2. The largest absolute Gasteiger partial charge is 0.388 e. The van der Waals surface area contributed by atoms with Gasteiger partial charge in [-0.05, 0) is 32.8 Å². The van der Waals surface area contributed by atoms with Crippen molar-refractivity contribution >= 4 is 17.6 Å². The number of urea groups is 1. The minimum atomic E-state index is -0.821. The molecule has 0 bridgehead atoms. The monoisotopic (exact) mass is 363 g/mol. The van der Waals surface area contributed by atoms with Gasteiger partial charge in [-0.25, -0.2) is 14.5 Å². The van der Waals surface area contributed by atoms with Crippen LogP contribution >= 0.6 is 11.6 Å². The molecule has 0 aromatic carbocycles. The van der Waals surface area contributed by atoms with Crippen LogP contribution in [0.5, 0.6) is 0 Å². The summed E-state index contributed by atoms with van der Waals surface area (Å²) in [6.45, 7) is 4.96. The molecule has 1 fully saturated rings. The van der Waals surface area contributed by atoms with Gasteiger partial charge in [0.05, 0.1) is 29.6 Å². The lowest BCUT2D eigenvalue weighted by molar-refractivity contribution is -0.00253. The molecule has 0 radical (unpaired) electrons. The molecule has 0 saturated carbocycles. The number of halogens is 1. The zero-order chi connectivity index (χ0) is 18.0. The number of aryl methyl sites for hydroxylation is 1. The number of β-amino-alcohol motifs (C(OH)–C–C–N with tert-alkyl or cyclic N) is 1. The third-order valence-electron chi connectivity index (χ3n) is 4.26. The van der Waals surface area contributed by atoms with Crippen LogP contribution in [0.2, 0.25) is 5.02 Å². The third-order valence-corrected chi connectivity index (χ3v) is 4.45. The summed E-state index contributed by atoms with van der Waals surface area (Å²) in [6.07, 6.45) is 4.73. The second kappa shape index (κ2) is 7.01. The van der Waals surface area contributed by atoms with Gasteiger partial charge in [-0.1, -0.05) is 17.7 Å². The molecule has 2 aromatic rings. The van der Waals surface area contributed by atoms with Crippen molar-refractivity contribution in [3.8, 4) is 5.82 Å². The molecular formula is C17H22ClN5O2. The fraction of sp³-hybridized carbons (Fsp3) is 0.471. The highest BCUT2D eigenvalue weighted by molar-refractivity contribution is 6.30. The molecule has 1 unspecified atom stereocenters. The molecule has 2 aromatic heterocycles. The van der Waals surface area contributed by atoms with E-state index in [0.29, 0.717) is 36.9 Å². The van der Waals surface area contributed by atoms with Crippen LogP contribution in [0.15, 0.2) is 24.5 Å². The minimum absolute atomic E-state index is 0.190. The smallest absolute Gasteiger partial charge is 0.317 e. The van der Waals surface area contributed by atoms with E-state index in [0.717, 1.165) is 17.7 Å². The number of piperidine rings is 1. The van der Waals surface area contributed by atoms with Crippen LogP contribution in [-0.2, 0) is 6.54 Å². The Kier molecular flexibility index (Phi) is 4.96. The molecule has 1 saturated heterocycles. The van der Waals surface area contributed by atoms with Crippen LogP contribution in [0.3, 0.4) is 0 Å². The van der Waals surface area contributed by atoms with Crippen molar-refractivity contribution in [1.82, 2.24) is 25.0 Å². The molecule has 1 aliphatic heterocycles. The van der Waals surface area contributed by atoms with Gasteiger partial charge in [-0.3, -0.25) is 0 Å². The van der Waals surface area contributed by atoms with E-state index in [1.54, 1.807) is 28.9 Å². The highest BCUT2D eigenvalue weighted by atomic mass is 35.5. The number of hydrogen-bond acceptors (Lipinski definition) is 4. The Bertz CT molecular complexity index is 774. The van der Waals surface area contributed by atoms with Crippen LogP contribution in [0.4, 0.5) is 4.79 Å². The van der Waals surface area contributed by atoms with Crippen molar-refractivity contribution in [3.05, 3.63) is 40.8 Å². The predicted octanol–water partition coefficient (Wildman–Crippen LogP) is 2.29. The first-order valence-electron chi connectivity index (χ1n) is 8.26. The molecule has 25 heavy (non-hydrogen) atoms. The first kappa shape index (κ1) is 17.7. The SMILES string of the molecule is Cc1ccc(CNC(=O)N2CCCC(C)(O)C2)c(-n2cc(Cl)cn2)n1. The quantitative estimate of drug-likeness (QED) is 0.876. The molecule has 7 nitrogen and oxygen atoms in total. The molecule has 134 valence electrons. The summed E-state index contributed by atoms with van der Waals surface area (Å²) in [5.41, 5.74) is 0.865. The summed E-state index contributed by atoms with van der Waals surface area (Å²) in [7, 11) is 0. The average Bonchev–Trinajstić information content (AvgIpc) is 2.98. The normalized spacial score (nSPS) is 20.6. The average molecular weight is 364 g/mol. The number of rotatable bonds is 3. The van der Waals surface area contributed by atoms with Crippen LogP contribution in [0.1, 0.15) is 31.0 Å². The van der Waals surface area contributed by atoms with Crippen molar-refractivity contribution < 1.29 is 9.90 Å². The zero-order valence-corrected chi connectivity index (χ0v) is 15.1. The molecule has 0 aliphatic carbocycles. The van der Waals surface area contributed by atoms with E-state index in [4.69, 9.17) is 11.6 Å². The van der Waals surface area contributed by atoms with Gasteiger partial charge in [0, 0.05) is 24.3 Å². The van der Waals surface area contributed by atoms with E-state index in [1.807, 2.05) is 19.1 Å². The van der Waals surface area contributed by atoms with Crippen LogP contribution in [-0.4, -0.2) is 49.5 Å². The van der Waals surface area contributed by atoms with Gasteiger partial charge in [-0.15, -0.1) is 0 Å². The first-order valence-corrected chi connectivity index (χ1v) is 8.64. The lowest BCUT2D eigenvalue weighted by Crippen LogP contribution is -2.51. The number of nitrogens with zero attached hydrogens (tertiary/aromatic N) is 4. The molecule has 3 rings (SSSR count). The van der Waals surface area contributed by atoms with Crippen molar-refractivity contribution in [1.29, 1.82) is 0 Å². The Labute approximate surface area is 151 Å². The number of nitrogens with one attached hydrogen (secondary N) is 1. The van der Waals surface area contributed by atoms with Crippen molar-refractivity contribution in [2.45, 2.75) is 38.8 Å². The maximum absolute atomic E-state index is 12.4. The van der Waals surface area contributed by atoms with Gasteiger partial charge in [0.15, 0.2) is 5.82 Å². The minimum Gasteiger partial charge on any atom is -0.388 e. The molecule has 1 atom stereocenters. The molecule has 2 N–H and O–H groups in total. The van der Waals surface area contributed by atoms with Gasteiger partial charge >= 0.3 is 6.03 Å². The van der Waals surface area contributed by atoms with Crippen molar-refractivity contribution in [2.75, 3.05) is 13.1 Å². The Balaban J connectivity index is 1.72. The summed E-state index contributed by atoms with van der Waals surface area (Å²) < 4.78 is 1.60. The summed E-state index contributed by atoms with van der Waals surface area (Å²) in [5.74, 6) is 0.637.